The van der Waals surface area contributed by atoms with E-state index in [9.17, 15) is 9.59 Å². The highest BCUT2D eigenvalue weighted by atomic mass is 16.5. The molecule has 0 radical (unpaired) electrons. The molecular formula is C39H54O4. The van der Waals surface area contributed by atoms with Crippen molar-refractivity contribution < 1.29 is 19.4 Å². The molecule has 4 aromatic carbocycles. The summed E-state index contributed by atoms with van der Waals surface area (Å²) < 4.78 is 5.00. The lowest BCUT2D eigenvalue weighted by atomic mass is 10.2. The second kappa shape index (κ2) is 28.0. The van der Waals surface area contributed by atoms with Gasteiger partial charge < -0.3 is 9.84 Å². The van der Waals surface area contributed by atoms with Crippen molar-refractivity contribution in [2.45, 2.75) is 81.1 Å². The Bertz CT molecular complexity index is 1070. The molecule has 0 fully saturated rings. The van der Waals surface area contributed by atoms with Crippen LogP contribution in [0.3, 0.4) is 0 Å². The number of phenolic OH excluding ortho intramolecular Hbond substituents is 1. The summed E-state index contributed by atoms with van der Waals surface area (Å²) in [5.41, 5.74) is 6.24. The van der Waals surface area contributed by atoms with Crippen molar-refractivity contribution in [3.8, 4) is 11.5 Å². The molecule has 1 N–H and O–H groups in total. The summed E-state index contributed by atoms with van der Waals surface area (Å²) >= 11 is 0. The zero-order chi connectivity index (χ0) is 32.9. The summed E-state index contributed by atoms with van der Waals surface area (Å²) in [6, 6.07) is 30.0. The predicted octanol–water partition coefficient (Wildman–Crippen LogP) is 10.9. The van der Waals surface area contributed by atoms with Gasteiger partial charge in [-0.05, 0) is 57.5 Å². The molecule has 4 nitrogen and oxygen atoms in total. The van der Waals surface area contributed by atoms with Crippen molar-refractivity contribution in [1.29, 1.82) is 0 Å². The summed E-state index contributed by atoms with van der Waals surface area (Å²) in [7, 11) is 1.68. The summed E-state index contributed by atoms with van der Waals surface area (Å²) in [6.45, 7) is 16.9. The van der Waals surface area contributed by atoms with E-state index in [-0.39, 0.29) is 0 Å². The second-order valence-electron chi connectivity index (χ2n) is 9.91. The highest BCUT2D eigenvalue weighted by Crippen LogP contribution is 2.10. The van der Waals surface area contributed by atoms with E-state index in [4.69, 9.17) is 9.84 Å². The Morgan fingerprint density at radius 3 is 1.12 bits per heavy atom. The number of aryl methyl sites for hydroxylation is 4. The molecule has 0 aromatic heterocycles. The minimum atomic E-state index is 0.329. The number of carbonyl (C=O) groups excluding carboxylic acids is 2. The molecule has 0 bridgehead atoms. The molecule has 43 heavy (non-hydrogen) atoms. The molecule has 0 aliphatic rings. The van der Waals surface area contributed by atoms with Crippen LogP contribution in [0.5, 0.6) is 11.5 Å². The van der Waals surface area contributed by atoms with Crippen LogP contribution in [-0.4, -0.2) is 24.8 Å². The van der Waals surface area contributed by atoms with E-state index >= 15 is 0 Å². The van der Waals surface area contributed by atoms with E-state index in [0.717, 1.165) is 18.3 Å². The molecule has 0 saturated heterocycles. The van der Waals surface area contributed by atoms with Gasteiger partial charge in [0.15, 0.2) is 0 Å². The van der Waals surface area contributed by atoms with Gasteiger partial charge in [-0.1, -0.05) is 143 Å². The fraction of sp³-hybridized carbons (Fsp3) is 0.333. The molecule has 4 aromatic rings. The maximum atomic E-state index is 10.1. The summed E-state index contributed by atoms with van der Waals surface area (Å²) in [6.07, 6.45) is 6.77. The van der Waals surface area contributed by atoms with E-state index in [1.807, 2.05) is 50.2 Å². The molecule has 0 unspecified atom stereocenters. The van der Waals surface area contributed by atoms with Crippen LogP contribution in [0.15, 0.2) is 97.1 Å². The molecule has 0 saturated carbocycles. The molecule has 0 heterocycles. The van der Waals surface area contributed by atoms with Gasteiger partial charge in [0.25, 0.3) is 0 Å². The molecule has 0 aliphatic carbocycles. The van der Waals surface area contributed by atoms with Crippen molar-refractivity contribution >= 4 is 12.6 Å². The Morgan fingerprint density at radius 2 is 0.884 bits per heavy atom. The first-order valence-electron chi connectivity index (χ1n) is 15.0. The average Bonchev–Trinajstić information content (AvgIpc) is 3.05. The lowest BCUT2D eigenvalue weighted by Crippen LogP contribution is -1.81. The number of rotatable bonds is 5. The molecule has 0 atom stereocenters. The number of unbranched alkanes of at least 4 members (excludes halogenated alkanes) is 2. The second-order valence-corrected chi connectivity index (χ2v) is 9.91. The number of carbonyl (C=O) groups is 2. The Hall–Kier alpha value is -4.18. The van der Waals surface area contributed by atoms with Gasteiger partial charge in [0.1, 0.15) is 24.1 Å². The van der Waals surface area contributed by atoms with Gasteiger partial charge in [-0.15, -0.1) is 0 Å². The monoisotopic (exact) mass is 586 g/mol. The highest BCUT2D eigenvalue weighted by molar-refractivity contribution is 5.79. The van der Waals surface area contributed by atoms with Gasteiger partial charge in [0.2, 0.25) is 0 Å². The van der Waals surface area contributed by atoms with E-state index < -0.39 is 0 Å². The van der Waals surface area contributed by atoms with Crippen molar-refractivity contribution in [1.82, 2.24) is 0 Å². The number of benzene rings is 4. The van der Waals surface area contributed by atoms with Gasteiger partial charge in [-0.3, -0.25) is 9.59 Å². The fourth-order valence-corrected chi connectivity index (χ4v) is 2.58. The van der Waals surface area contributed by atoms with Gasteiger partial charge in [-0.25, -0.2) is 0 Å². The minimum Gasteiger partial charge on any atom is -0.508 e. The fourth-order valence-electron chi connectivity index (χ4n) is 2.58. The number of ether oxygens (including phenoxy) is 1. The zero-order valence-electron chi connectivity index (χ0n) is 27.9. The highest BCUT2D eigenvalue weighted by Gasteiger charge is 1.89. The third kappa shape index (κ3) is 25.3. The molecule has 0 amide bonds. The van der Waals surface area contributed by atoms with Crippen molar-refractivity contribution in [3.63, 3.8) is 0 Å². The van der Waals surface area contributed by atoms with Crippen LogP contribution < -0.4 is 4.74 Å². The maximum Gasteiger partial charge on any atom is 0.150 e. The third-order valence-corrected chi connectivity index (χ3v) is 5.69. The Morgan fingerprint density at radius 1 is 0.535 bits per heavy atom. The number of phenols is 1. The largest absolute Gasteiger partial charge is 0.508 e. The Kier molecular flexibility index (Phi) is 26.6. The van der Waals surface area contributed by atoms with Crippen LogP contribution in [0.2, 0.25) is 0 Å². The standard InChI is InChI=1S/C8H6O2.C8H10O.C8H10.C7H8O.2C4H10/c9-5-7-1-2-8(6-10)4-3-7;1-7-4-3-5-8(6-7)9-2;1-7-3-5-8(2)6-4-7;1-6-2-4-7(8)5-3-6;2*1-3-4-2/h1-6H;3-6H,1-2H3;3-6H,1-2H3;2-5,8H,1H3;2*3-4H2,1-2H3. The minimum absolute atomic E-state index is 0.329. The van der Waals surface area contributed by atoms with Crippen LogP contribution in [0.25, 0.3) is 0 Å². The van der Waals surface area contributed by atoms with Crippen LogP contribution in [0.1, 0.15) is 96.3 Å². The van der Waals surface area contributed by atoms with Crippen molar-refractivity contribution in [2.24, 2.45) is 0 Å². The summed E-state index contributed by atoms with van der Waals surface area (Å²) in [5, 5.41) is 8.76. The third-order valence-electron chi connectivity index (χ3n) is 5.69. The average molecular weight is 587 g/mol. The first-order valence-corrected chi connectivity index (χ1v) is 15.0. The SMILES string of the molecule is CCCC.CCCC.COc1cccc(C)c1.Cc1ccc(C)cc1.Cc1ccc(O)cc1.O=Cc1ccc(C=O)cc1. The van der Waals surface area contributed by atoms with Gasteiger partial charge in [0.05, 0.1) is 7.11 Å². The maximum absolute atomic E-state index is 10.1. The van der Waals surface area contributed by atoms with Crippen LogP contribution >= 0.6 is 0 Å². The number of methoxy groups -OCH3 is 1. The van der Waals surface area contributed by atoms with Gasteiger partial charge in [-0.2, -0.15) is 0 Å². The van der Waals surface area contributed by atoms with E-state index in [0.29, 0.717) is 16.9 Å². The van der Waals surface area contributed by atoms with Gasteiger partial charge in [0, 0.05) is 11.1 Å². The van der Waals surface area contributed by atoms with Crippen LogP contribution in [-0.2, 0) is 0 Å². The number of aromatic hydroxyl groups is 1. The summed E-state index contributed by atoms with van der Waals surface area (Å²) in [5.74, 6) is 1.26. The van der Waals surface area contributed by atoms with Gasteiger partial charge >= 0.3 is 0 Å². The summed E-state index contributed by atoms with van der Waals surface area (Å²) in [4.78, 5) is 20.2. The Labute approximate surface area is 261 Å². The lowest BCUT2D eigenvalue weighted by Gasteiger charge is -1.97. The normalized spacial score (nSPS) is 8.77. The van der Waals surface area contributed by atoms with E-state index in [2.05, 4.69) is 65.8 Å². The van der Waals surface area contributed by atoms with Crippen molar-refractivity contribution in [2.75, 3.05) is 7.11 Å². The van der Waals surface area contributed by atoms with Crippen LogP contribution in [0, 0.1) is 27.7 Å². The molecule has 4 rings (SSSR count). The first kappa shape index (κ1) is 41.0. The number of hydrogen-bond donors (Lipinski definition) is 1. The molecule has 0 spiro atoms. The molecular weight excluding hydrogens is 532 g/mol. The number of hydrogen-bond acceptors (Lipinski definition) is 4. The first-order chi connectivity index (χ1) is 20.6. The van der Waals surface area contributed by atoms with Crippen LogP contribution in [0.4, 0.5) is 0 Å². The van der Waals surface area contributed by atoms with E-state index in [1.165, 1.54) is 47.9 Å². The number of aldehydes is 2. The van der Waals surface area contributed by atoms with E-state index in [1.54, 1.807) is 43.5 Å². The Balaban J connectivity index is 0. The zero-order valence-corrected chi connectivity index (χ0v) is 27.9. The molecule has 234 valence electrons. The smallest absolute Gasteiger partial charge is 0.150 e. The lowest BCUT2D eigenvalue weighted by molar-refractivity contribution is 0.111. The topological polar surface area (TPSA) is 63.6 Å². The molecule has 4 heteroatoms. The quantitative estimate of drug-likeness (QED) is 0.236. The molecule has 0 aliphatic heterocycles. The predicted molar refractivity (Wildman–Crippen MR) is 185 cm³/mol. The van der Waals surface area contributed by atoms with Crippen molar-refractivity contribution in [3.05, 3.63) is 130 Å².